The van der Waals surface area contributed by atoms with Gasteiger partial charge in [-0.1, -0.05) is 17.7 Å². The monoisotopic (exact) mass is 335 g/mol. The molecule has 0 unspecified atom stereocenters. The molecule has 1 aromatic carbocycles. The molecule has 0 radical (unpaired) electrons. The molecule has 1 aromatic heterocycles. The first-order chi connectivity index (χ1) is 10.6. The molecule has 0 saturated carbocycles. The van der Waals surface area contributed by atoms with E-state index < -0.39 is 0 Å². The van der Waals surface area contributed by atoms with Crippen molar-refractivity contribution in [3.05, 3.63) is 50.9 Å². The zero-order valence-electron chi connectivity index (χ0n) is 12.5. The van der Waals surface area contributed by atoms with Gasteiger partial charge in [-0.25, -0.2) is 4.98 Å². The summed E-state index contributed by atoms with van der Waals surface area (Å²) in [6, 6.07) is 7.15. The zero-order chi connectivity index (χ0) is 15.5. The fourth-order valence-electron chi connectivity index (χ4n) is 2.62. The molecule has 1 aliphatic heterocycles. The van der Waals surface area contributed by atoms with Crippen LogP contribution in [-0.4, -0.2) is 46.9 Å². The molecular weight excluding hydrogens is 318 g/mol. The van der Waals surface area contributed by atoms with E-state index in [1.54, 1.807) is 23.5 Å². The van der Waals surface area contributed by atoms with E-state index >= 15 is 0 Å². The Morgan fingerprint density at radius 1 is 1.32 bits per heavy atom. The summed E-state index contributed by atoms with van der Waals surface area (Å²) in [5.41, 5.74) is 1.79. The van der Waals surface area contributed by atoms with Crippen LogP contribution in [0.4, 0.5) is 0 Å². The molecule has 1 fully saturated rings. The van der Waals surface area contributed by atoms with Gasteiger partial charge in [-0.15, -0.1) is 11.3 Å². The summed E-state index contributed by atoms with van der Waals surface area (Å²) in [5, 5.41) is 3.81. The zero-order valence-corrected chi connectivity index (χ0v) is 14.0. The maximum atomic E-state index is 12.5. The number of aryl methyl sites for hydroxylation is 1. The molecule has 116 valence electrons. The molecule has 3 rings (SSSR count). The van der Waals surface area contributed by atoms with E-state index in [4.69, 9.17) is 11.6 Å². The molecule has 4 nitrogen and oxygen atoms in total. The van der Waals surface area contributed by atoms with Crippen molar-refractivity contribution in [1.82, 2.24) is 14.8 Å². The first-order valence-electron chi connectivity index (χ1n) is 7.30. The van der Waals surface area contributed by atoms with E-state index in [1.165, 1.54) is 0 Å². The third-order valence-corrected chi connectivity index (χ3v) is 4.84. The van der Waals surface area contributed by atoms with Gasteiger partial charge in [0.2, 0.25) is 0 Å². The Hall–Kier alpha value is -1.43. The highest BCUT2D eigenvalue weighted by Crippen LogP contribution is 2.16. The number of aromatic nitrogens is 1. The van der Waals surface area contributed by atoms with Gasteiger partial charge in [0, 0.05) is 48.7 Å². The quantitative estimate of drug-likeness (QED) is 0.865. The number of carbonyl (C=O) groups is 1. The van der Waals surface area contributed by atoms with Crippen LogP contribution in [0.25, 0.3) is 0 Å². The van der Waals surface area contributed by atoms with Crippen LogP contribution < -0.4 is 0 Å². The van der Waals surface area contributed by atoms with Crippen LogP contribution in [0.15, 0.2) is 29.6 Å². The minimum absolute atomic E-state index is 0.0617. The molecule has 22 heavy (non-hydrogen) atoms. The highest BCUT2D eigenvalue weighted by Gasteiger charge is 2.22. The molecule has 2 aromatic rings. The molecule has 0 aliphatic carbocycles. The summed E-state index contributed by atoms with van der Waals surface area (Å²) in [6.45, 7) is 6.13. The van der Waals surface area contributed by atoms with Crippen LogP contribution in [0, 0.1) is 6.92 Å². The largest absolute Gasteiger partial charge is 0.336 e. The van der Waals surface area contributed by atoms with E-state index in [1.807, 2.05) is 24.0 Å². The van der Waals surface area contributed by atoms with Crippen molar-refractivity contribution >= 4 is 28.8 Å². The third kappa shape index (κ3) is 3.66. The van der Waals surface area contributed by atoms with Crippen molar-refractivity contribution in [1.29, 1.82) is 0 Å². The molecule has 1 saturated heterocycles. The number of hydrogen-bond donors (Lipinski definition) is 0. The number of amides is 1. The van der Waals surface area contributed by atoms with Crippen molar-refractivity contribution in [2.45, 2.75) is 13.5 Å². The number of benzene rings is 1. The van der Waals surface area contributed by atoms with Gasteiger partial charge in [-0.05, 0) is 25.1 Å². The Kier molecular flexibility index (Phi) is 4.76. The smallest absolute Gasteiger partial charge is 0.253 e. The molecule has 2 heterocycles. The lowest BCUT2D eigenvalue weighted by Gasteiger charge is -2.34. The molecule has 0 bridgehead atoms. The van der Waals surface area contributed by atoms with Crippen LogP contribution in [0.3, 0.4) is 0 Å². The van der Waals surface area contributed by atoms with Gasteiger partial charge in [-0.3, -0.25) is 9.69 Å². The number of rotatable bonds is 3. The van der Waals surface area contributed by atoms with Gasteiger partial charge in [0.1, 0.15) is 0 Å². The Bertz CT molecular complexity index is 665. The molecule has 6 heteroatoms. The standard InChI is InChI=1S/C16H18ClN3OS/c1-12-18-15(11-22-12)10-19-5-7-20(8-6-19)16(21)13-3-2-4-14(17)9-13/h2-4,9,11H,5-8,10H2,1H3. The maximum absolute atomic E-state index is 12.5. The van der Waals surface area contributed by atoms with Crippen LogP contribution >= 0.6 is 22.9 Å². The third-order valence-electron chi connectivity index (χ3n) is 3.78. The van der Waals surface area contributed by atoms with Gasteiger partial charge < -0.3 is 4.90 Å². The average molecular weight is 336 g/mol. The van der Waals surface area contributed by atoms with Crippen LogP contribution in [0.1, 0.15) is 21.1 Å². The number of halogens is 1. The van der Waals surface area contributed by atoms with Crippen molar-refractivity contribution in [2.75, 3.05) is 26.2 Å². The molecule has 1 aliphatic rings. The predicted octanol–water partition coefficient (Wildman–Crippen LogP) is 3.06. The fraction of sp³-hybridized carbons (Fsp3) is 0.375. The molecule has 0 spiro atoms. The summed E-state index contributed by atoms with van der Waals surface area (Å²) in [5.74, 6) is 0.0617. The Labute approximate surface area is 139 Å². The highest BCUT2D eigenvalue weighted by molar-refractivity contribution is 7.09. The lowest BCUT2D eigenvalue weighted by Crippen LogP contribution is -2.48. The van der Waals surface area contributed by atoms with Crippen molar-refractivity contribution < 1.29 is 4.79 Å². The summed E-state index contributed by atoms with van der Waals surface area (Å²) >= 11 is 7.64. The Morgan fingerprint density at radius 2 is 2.09 bits per heavy atom. The second-order valence-corrected chi connectivity index (χ2v) is 6.94. The summed E-state index contributed by atoms with van der Waals surface area (Å²) in [6.07, 6.45) is 0. The first-order valence-corrected chi connectivity index (χ1v) is 8.56. The van der Waals surface area contributed by atoms with E-state index in [0.717, 1.165) is 43.4 Å². The van der Waals surface area contributed by atoms with Gasteiger partial charge in [0.25, 0.3) is 5.91 Å². The number of piperazine rings is 1. The van der Waals surface area contributed by atoms with Crippen molar-refractivity contribution in [3.8, 4) is 0 Å². The minimum atomic E-state index is 0.0617. The van der Waals surface area contributed by atoms with Gasteiger partial charge in [0.05, 0.1) is 10.7 Å². The summed E-state index contributed by atoms with van der Waals surface area (Å²) < 4.78 is 0. The summed E-state index contributed by atoms with van der Waals surface area (Å²) in [7, 11) is 0. The van der Waals surface area contributed by atoms with Gasteiger partial charge in [0.15, 0.2) is 0 Å². The van der Waals surface area contributed by atoms with Crippen molar-refractivity contribution in [3.63, 3.8) is 0 Å². The lowest BCUT2D eigenvalue weighted by atomic mass is 10.2. The predicted molar refractivity (Wildman–Crippen MR) is 89.5 cm³/mol. The molecule has 1 amide bonds. The molecule has 0 atom stereocenters. The van der Waals surface area contributed by atoms with E-state index in [2.05, 4.69) is 15.3 Å². The number of nitrogens with zero attached hydrogens (tertiary/aromatic N) is 3. The number of thiazole rings is 1. The lowest BCUT2D eigenvalue weighted by molar-refractivity contribution is 0.0627. The molecule has 0 N–H and O–H groups in total. The fourth-order valence-corrected chi connectivity index (χ4v) is 3.42. The highest BCUT2D eigenvalue weighted by atomic mass is 35.5. The number of carbonyl (C=O) groups excluding carboxylic acids is 1. The van der Waals surface area contributed by atoms with Crippen molar-refractivity contribution in [2.24, 2.45) is 0 Å². The second-order valence-electron chi connectivity index (χ2n) is 5.44. The minimum Gasteiger partial charge on any atom is -0.336 e. The van der Waals surface area contributed by atoms with Gasteiger partial charge >= 0.3 is 0 Å². The SMILES string of the molecule is Cc1nc(CN2CCN(C(=O)c3cccc(Cl)c3)CC2)cs1. The normalized spacial score (nSPS) is 16.0. The van der Waals surface area contributed by atoms with E-state index in [0.29, 0.717) is 10.6 Å². The van der Waals surface area contributed by atoms with Gasteiger partial charge in [-0.2, -0.15) is 0 Å². The van der Waals surface area contributed by atoms with Crippen LogP contribution in [-0.2, 0) is 6.54 Å². The van der Waals surface area contributed by atoms with E-state index in [-0.39, 0.29) is 5.91 Å². The maximum Gasteiger partial charge on any atom is 0.253 e. The second kappa shape index (κ2) is 6.77. The average Bonchev–Trinajstić information content (AvgIpc) is 2.92. The topological polar surface area (TPSA) is 36.4 Å². The molecular formula is C16H18ClN3OS. The first kappa shape index (κ1) is 15.5. The summed E-state index contributed by atoms with van der Waals surface area (Å²) in [4.78, 5) is 21.2. The van der Waals surface area contributed by atoms with E-state index in [9.17, 15) is 4.79 Å². The Balaban J connectivity index is 1.56. The Morgan fingerprint density at radius 3 is 2.73 bits per heavy atom. The number of hydrogen-bond acceptors (Lipinski definition) is 4. The van der Waals surface area contributed by atoms with Crippen LogP contribution in [0.5, 0.6) is 0 Å². The van der Waals surface area contributed by atoms with Crippen LogP contribution in [0.2, 0.25) is 5.02 Å².